The summed E-state index contributed by atoms with van der Waals surface area (Å²) in [4.78, 5) is 27.9. The number of carbonyl (C=O) groups excluding carboxylic acids is 1. The van der Waals surface area contributed by atoms with Crippen LogP contribution in [0.1, 0.15) is 16.1 Å². The molecule has 1 aromatic carbocycles. The molecule has 0 aliphatic rings. The molecular formula is C12H10ClN3O3S. The van der Waals surface area contributed by atoms with E-state index in [2.05, 4.69) is 4.98 Å². The van der Waals surface area contributed by atoms with Crippen molar-refractivity contribution in [2.24, 2.45) is 0 Å². The maximum absolute atomic E-state index is 12.2. The number of nitrogens with zero attached hydrogens (tertiary/aromatic N) is 3. The fourth-order valence-corrected chi connectivity index (χ4v) is 2.37. The first-order valence-corrected chi connectivity index (χ1v) is 6.87. The van der Waals surface area contributed by atoms with Crippen LogP contribution in [-0.4, -0.2) is 27.8 Å². The molecule has 104 valence electrons. The quantitative estimate of drug-likeness (QED) is 0.642. The van der Waals surface area contributed by atoms with Gasteiger partial charge in [0.05, 0.1) is 22.7 Å². The van der Waals surface area contributed by atoms with Crippen molar-refractivity contribution in [3.63, 3.8) is 0 Å². The van der Waals surface area contributed by atoms with Crippen molar-refractivity contribution in [3.05, 3.63) is 55.5 Å². The number of hydrogen-bond donors (Lipinski definition) is 0. The van der Waals surface area contributed by atoms with Gasteiger partial charge in [0.1, 0.15) is 5.02 Å². The van der Waals surface area contributed by atoms with Gasteiger partial charge in [-0.15, -0.1) is 11.3 Å². The molecule has 0 unspecified atom stereocenters. The van der Waals surface area contributed by atoms with Crippen molar-refractivity contribution >= 4 is 34.5 Å². The number of aromatic nitrogens is 1. The molecule has 20 heavy (non-hydrogen) atoms. The van der Waals surface area contributed by atoms with E-state index in [4.69, 9.17) is 11.6 Å². The highest BCUT2D eigenvalue weighted by Crippen LogP contribution is 2.25. The first-order valence-electron chi connectivity index (χ1n) is 5.55. The van der Waals surface area contributed by atoms with E-state index in [9.17, 15) is 14.9 Å². The van der Waals surface area contributed by atoms with Crippen LogP contribution in [0.2, 0.25) is 5.02 Å². The minimum absolute atomic E-state index is 0.00806. The Bertz CT molecular complexity index is 645. The van der Waals surface area contributed by atoms with Gasteiger partial charge in [0.25, 0.3) is 11.6 Å². The Morgan fingerprint density at radius 1 is 1.55 bits per heavy atom. The van der Waals surface area contributed by atoms with Gasteiger partial charge in [-0.05, 0) is 12.1 Å². The van der Waals surface area contributed by atoms with Gasteiger partial charge < -0.3 is 4.90 Å². The normalized spacial score (nSPS) is 10.3. The largest absolute Gasteiger partial charge is 0.336 e. The van der Waals surface area contributed by atoms with Crippen molar-refractivity contribution in [3.8, 4) is 0 Å². The van der Waals surface area contributed by atoms with Crippen molar-refractivity contribution in [2.45, 2.75) is 6.54 Å². The molecule has 0 atom stereocenters. The molecule has 1 amide bonds. The van der Waals surface area contributed by atoms with Gasteiger partial charge in [-0.2, -0.15) is 0 Å². The van der Waals surface area contributed by atoms with Crippen LogP contribution in [0.3, 0.4) is 0 Å². The smallest absolute Gasteiger partial charge is 0.288 e. The van der Waals surface area contributed by atoms with Gasteiger partial charge in [0.2, 0.25) is 0 Å². The standard InChI is InChI=1S/C12H10ClN3O3S/c1-15(5-9-6-20-7-14-9)12(17)8-2-3-10(13)11(4-8)16(18)19/h2-4,6-7H,5H2,1H3. The maximum atomic E-state index is 12.2. The molecule has 1 heterocycles. The predicted octanol–water partition coefficient (Wildman–Crippen LogP) is 2.98. The topological polar surface area (TPSA) is 76.3 Å². The van der Waals surface area contributed by atoms with Crippen molar-refractivity contribution in [1.29, 1.82) is 0 Å². The number of nitro benzene ring substituents is 1. The summed E-state index contributed by atoms with van der Waals surface area (Å²) in [6.45, 7) is 0.346. The molecule has 2 rings (SSSR count). The molecule has 0 aliphatic heterocycles. The van der Waals surface area contributed by atoms with Crippen molar-refractivity contribution < 1.29 is 9.72 Å². The average Bonchev–Trinajstić information content (AvgIpc) is 2.91. The zero-order chi connectivity index (χ0) is 14.7. The Morgan fingerprint density at radius 2 is 2.30 bits per heavy atom. The number of carbonyl (C=O) groups is 1. The van der Waals surface area contributed by atoms with E-state index in [0.717, 1.165) is 5.69 Å². The number of nitro groups is 1. The summed E-state index contributed by atoms with van der Waals surface area (Å²) in [5.74, 6) is -0.322. The molecular weight excluding hydrogens is 302 g/mol. The molecule has 0 aliphatic carbocycles. The van der Waals surface area contributed by atoms with Crippen molar-refractivity contribution in [1.82, 2.24) is 9.88 Å². The van der Waals surface area contributed by atoms with E-state index >= 15 is 0 Å². The molecule has 1 aromatic heterocycles. The summed E-state index contributed by atoms with van der Waals surface area (Å²) in [6.07, 6.45) is 0. The van der Waals surface area contributed by atoms with E-state index in [-0.39, 0.29) is 22.2 Å². The highest BCUT2D eigenvalue weighted by atomic mass is 35.5. The molecule has 8 heteroatoms. The third-order valence-corrected chi connectivity index (χ3v) is 3.57. The maximum Gasteiger partial charge on any atom is 0.288 e. The lowest BCUT2D eigenvalue weighted by Gasteiger charge is -2.15. The fraction of sp³-hybridized carbons (Fsp3) is 0.167. The van der Waals surface area contributed by atoms with Gasteiger partial charge in [-0.25, -0.2) is 4.98 Å². The molecule has 0 N–H and O–H groups in total. The molecule has 6 nitrogen and oxygen atoms in total. The molecule has 0 radical (unpaired) electrons. The zero-order valence-electron chi connectivity index (χ0n) is 10.4. The molecule has 0 saturated carbocycles. The van der Waals surface area contributed by atoms with E-state index in [0.29, 0.717) is 6.54 Å². The molecule has 0 saturated heterocycles. The highest BCUT2D eigenvalue weighted by molar-refractivity contribution is 7.07. The first-order chi connectivity index (χ1) is 9.49. The van der Waals surface area contributed by atoms with Crippen LogP contribution in [0.5, 0.6) is 0 Å². The van der Waals surface area contributed by atoms with Crippen LogP contribution in [0.15, 0.2) is 29.1 Å². The minimum Gasteiger partial charge on any atom is -0.336 e. The van der Waals surface area contributed by atoms with E-state index in [1.54, 1.807) is 12.6 Å². The van der Waals surface area contributed by atoms with Crippen LogP contribution in [-0.2, 0) is 6.54 Å². The number of amides is 1. The lowest BCUT2D eigenvalue weighted by molar-refractivity contribution is -0.384. The van der Waals surface area contributed by atoms with Crippen LogP contribution < -0.4 is 0 Å². The second-order valence-electron chi connectivity index (χ2n) is 4.06. The molecule has 0 bridgehead atoms. The Hall–Kier alpha value is -1.99. The Balaban J connectivity index is 2.20. The lowest BCUT2D eigenvalue weighted by Crippen LogP contribution is -2.26. The van der Waals surface area contributed by atoms with Gasteiger partial charge in [0, 0.05) is 24.1 Å². The number of rotatable bonds is 4. The number of hydrogen-bond acceptors (Lipinski definition) is 5. The monoisotopic (exact) mass is 311 g/mol. The Kier molecular flexibility index (Phi) is 4.31. The van der Waals surface area contributed by atoms with Gasteiger partial charge >= 0.3 is 0 Å². The second-order valence-corrected chi connectivity index (χ2v) is 5.19. The highest BCUT2D eigenvalue weighted by Gasteiger charge is 2.19. The third-order valence-electron chi connectivity index (χ3n) is 2.62. The second kappa shape index (κ2) is 5.98. The predicted molar refractivity (Wildman–Crippen MR) is 76.0 cm³/mol. The summed E-state index contributed by atoms with van der Waals surface area (Å²) < 4.78 is 0. The summed E-state index contributed by atoms with van der Waals surface area (Å²) in [6, 6.07) is 4.00. The lowest BCUT2D eigenvalue weighted by atomic mass is 10.1. The van der Waals surface area contributed by atoms with Crippen LogP contribution in [0, 0.1) is 10.1 Å². The Morgan fingerprint density at radius 3 is 2.90 bits per heavy atom. The van der Waals surface area contributed by atoms with E-state index in [1.165, 1.54) is 34.4 Å². The fourth-order valence-electron chi connectivity index (χ4n) is 1.64. The van der Waals surface area contributed by atoms with Gasteiger partial charge in [-0.1, -0.05) is 11.6 Å². The van der Waals surface area contributed by atoms with Crippen LogP contribution >= 0.6 is 22.9 Å². The summed E-state index contributed by atoms with van der Waals surface area (Å²) in [5.41, 5.74) is 2.40. The van der Waals surface area contributed by atoms with E-state index < -0.39 is 4.92 Å². The minimum atomic E-state index is -0.612. The zero-order valence-corrected chi connectivity index (χ0v) is 12.0. The van der Waals surface area contributed by atoms with E-state index in [1.807, 2.05) is 5.38 Å². The van der Waals surface area contributed by atoms with Crippen LogP contribution in [0.25, 0.3) is 0 Å². The van der Waals surface area contributed by atoms with Crippen LogP contribution in [0.4, 0.5) is 5.69 Å². The van der Waals surface area contributed by atoms with Gasteiger partial charge in [-0.3, -0.25) is 14.9 Å². The van der Waals surface area contributed by atoms with Crippen molar-refractivity contribution in [2.75, 3.05) is 7.05 Å². The summed E-state index contributed by atoms with van der Waals surface area (Å²) >= 11 is 7.16. The third kappa shape index (κ3) is 3.12. The average molecular weight is 312 g/mol. The van der Waals surface area contributed by atoms with Gasteiger partial charge in [0.15, 0.2) is 0 Å². The number of benzene rings is 1. The summed E-state index contributed by atoms with van der Waals surface area (Å²) in [5, 5.41) is 12.7. The molecule has 2 aromatic rings. The number of halogens is 1. The molecule has 0 spiro atoms. The Labute approximate surface area is 123 Å². The SMILES string of the molecule is CN(Cc1cscn1)C(=O)c1ccc(Cl)c([N+](=O)[O-])c1. The summed E-state index contributed by atoms with van der Waals surface area (Å²) in [7, 11) is 1.61. The first kappa shape index (κ1) is 14.4. The molecule has 0 fully saturated rings. The number of thiazole rings is 1.